The predicted octanol–water partition coefficient (Wildman–Crippen LogP) is 0.217. The van der Waals surface area contributed by atoms with E-state index >= 15 is 0 Å². The van der Waals surface area contributed by atoms with Crippen LogP contribution >= 0.6 is 0 Å². The molecular weight excluding hydrogens is 162 g/mol. The fraction of sp³-hybridized carbons (Fsp3) is 1.00. The van der Waals surface area contributed by atoms with Crippen molar-refractivity contribution in [1.29, 1.82) is 0 Å². The molecule has 1 rings (SSSR count). The first-order valence-electron chi connectivity index (χ1n) is 5.20. The van der Waals surface area contributed by atoms with E-state index < -0.39 is 0 Å². The maximum atomic E-state index is 5.79. The molecule has 1 saturated heterocycles. The number of likely N-dealkylation sites (tertiary alicyclic amines) is 1. The monoisotopic (exact) mass is 185 g/mol. The zero-order valence-corrected chi connectivity index (χ0v) is 9.16. The van der Waals surface area contributed by atoms with Gasteiger partial charge in [0.05, 0.1) is 0 Å². The molecule has 1 aliphatic rings. The normalized spacial score (nSPS) is 27.9. The van der Waals surface area contributed by atoms with E-state index in [2.05, 4.69) is 30.9 Å². The van der Waals surface area contributed by atoms with Crippen LogP contribution in [0.15, 0.2) is 0 Å². The second kappa shape index (κ2) is 4.94. The topological polar surface area (TPSA) is 32.5 Å². The second-order valence-electron chi connectivity index (χ2n) is 4.43. The molecule has 2 atom stereocenters. The van der Waals surface area contributed by atoms with Crippen molar-refractivity contribution in [2.45, 2.75) is 18.9 Å². The molecular formula is C10H23N3. The minimum absolute atomic E-state index is 0.558. The molecule has 0 bridgehead atoms. The molecule has 0 aromatic heterocycles. The third-order valence-corrected chi connectivity index (χ3v) is 3.11. The van der Waals surface area contributed by atoms with Crippen LogP contribution in [0.4, 0.5) is 0 Å². The van der Waals surface area contributed by atoms with Gasteiger partial charge in [-0.05, 0) is 46.4 Å². The molecule has 3 heteroatoms. The Morgan fingerprint density at radius 3 is 2.69 bits per heavy atom. The van der Waals surface area contributed by atoms with Crippen molar-refractivity contribution in [3.05, 3.63) is 0 Å². The molecule has 0 saturated carbocycles. The lowest BCUT2D eigenvalue weighted by atomic mass is 9.90. The predicted molar refractivity (Wildman–Crippen MR) is 56.8 cm³/mol. The van der Waals surface area contributed by atoms with Gasteiger partial charge in [-0.1, -0.05) is 0 Å². The Hall–Kier alpha value is -0.120. The highest BCUT2D eigenvalue weighted by atomic mass is 15.1. The number of piperidine rings is 1. The summed E-state index contributed by atoms with van der Waals surface area (Å²) in [5.74, 6) is 0.763. The lowest BCUT2D eigenvalue weighted by Gasteiger charge is -2.37. The third-order valence-electron chi connectivity index (χ3n) is 3.11. The first kappa shape index (κ1) is 11.0. The molecule has 0 radical (unpaired) electrons. The number of likely N-dealkylation sites (N-methyl/N-ethyl adjacent to an activating group) is 1. The molecule has 0 spiro atoms. The van der Waals surface area contributed by atoms with Crippen molar-refractivity contribution in [2.24, 2.45) is 11.7 Å². The van der Waals surface area contributed by atoms with Gasteiger partial charge in [-0.3, -0.25) is 0 Å². The smallest absolute Gasteiger partial charge is 0.0252 e. The van der Waals surface area contributed by atoms with Gasteiger partial charge in [0.1, 0.15) is 0 Å². The van der Waals surface area contributed by atoms with Gasteiger partial charge in [0, 0.05) is 19.1 Å². The van der Waals surface area contributed by atoms with E-state index in [1.165, 1.54) is 25.9 Å². The van der Waals surface area contributed by atoms with Crippen LogP contribution in [-0.4, -0.2) is 56.6 Å². The van der Waals surface area contributed by atoms with E-state index in [1.54, 1.807) is 0 Å². The highest BCUT2D eigenvalue weighted by molar-refractivity contribution is 4.82. The maximum absolute atomic E-state index is 5.79. The lowest BCUT2D eigenvalue weighted by Crippen LogP contribution is -2.47. The Balaban J connectivity index is 2.47. The number of nitrogens with zero attached hydrogens (tertiary/aromatic N) is 2. The number of hydrogen-bond acceptors (Lipinski definition) is 3. The number of nitrogens with two attached hydrogens (primary N) is 1. The number of rotatable bonds is 3. The van der Waals surface area contributed by atoms with Crippen LogP contribution in [-0.2, 0) is 0 Å². The fourth-order valence-corrected chi connectivity index (χ4v) is 2.35. The summed E-state index contributed by atoms with van der Waals surface area (Å²) in [6.45, 7) is 3.24. The Morgan fingerprint density at radius 1 is 1.54 bits per heavy atom. The summed E-state index contributed by atoms with van der Waals surface area (Å²) >= 11 is 0. The molecule has 1 aliphatic heterocycles. The second-order valence-corrected chi connectivity index (χ2v) is 4.43. The van der Waals surface area contributed by atoms with E-state index in [4.69, 9.17) is 5.73 Å². The lowest BCUT2D eigenvalue weighted by molar-refractivity contribution is 0.126. The summed E-state index contributed by atoms with van der Waals surface area (Å²) in [6.07, 6.45) is 2.66. The van der Waals surface area contributed by atoms with Crippen LogP contribution in [0.5, 0.6) is 0 Å². The largest absolute Gasteiger partial charge is 0.329 e. The molecule has 2 unspecified atom stereocenters. The molecule has 0 aromatic carbocycles. The first-order valence-corrected chi connectivity index (χ1v) is 5.20. The molecule has 0 aliphatic carbocycles. The van der Waals surface area contributed by atoms with Crippen molar-refractivity contribution in [1.82, 2.24) is 9.80 Å². The number of hydrogen-bond donors (Lipinski definition) is 1. The van der Waals surface area contributed by atoms with Crippen molar-refractivity contribution in [2.75, 3.05) is 40.8 Å². The van der Waals surface area contributed by atoms with Crippen molar-refractivity contribution in [3.8, 4) is 0 Å². The fourth-order valence-electron chi connectivity index (χ4n) is 2.35. The first-order chi connectivity index (χ1) is 6.15. The molecule has 1 fully saturated rings. The summed E-state index contributed by atoms with van der Waals surface area (Å²) in [7, 11) is 6.47. The van der Waals surface area contributed by atoms with Gasteiger partial charge in [-0.15, -0.1) is 0 Å². The molecule has 0 aromatic rings. The molecule has 13 heavy (non-hydrogen) atoms. The minimum Gasteiger partial charge on any atom is -0.329 e. The molecule has 78 valence electrons. The Morgan fingerprint density at radius 2 is 2.23 bits per heavy atom. The Bertz CT molecular complexity index is 147. The summed E-state index contributed by atoms with van der Waals surface area (Å²) in [5.41, 5.74) is 5.79. The van der Waals surface area contributed by atoms with Crippen molar-refractivity contribution >= 4 is 0 Å². The summed E-state index contributed by atoms with van der Waals surface area (Å²) in [4.78, 5) is 4.68. The average Bonchev–Trinajstić information content (AvgIpc) is 2.04. The van der Waals surface area contributed by atoms with Gasteiger partial charge < -0.3 is 15.5 Å². The molecule has 1 heterocycles. The quantitative estimate of drug-likeness (QED) is 0.682. The highest BCUT2D eigenvalue weighted by Gasteiger charge is 2.25. The standard InChI is InChI=1S/C10H23N3/c1-12(2)10(7-11)9-5-4-6-13(3)8-9/h9-10H,4-8,11H2,1-3H3. The van der Waals surface area contributed by atoms with Crippen LogP contribution in [0.1, 0.15) is 12.8 Å². The third kappa shape index (κ3) is 2.93. The van der Waals surface area contributed by atoms with Gasteiger partial charge >= 0.3 is 0 Å². The van der Waals surface area contributed by atoms with E-state index in [0.29, 0.717) is 6.04 Å². The zero-order chi connectivity index (χ0) is 9.84. The maximum Gasteiger partial charge on any atom is 0.0252 e. The van der Waals surface area contributed by atoms with Crippen LogP contribution in [0, 0.1) is 5.92 Å². The summed E-state index contributed by atoms with van der Waals surface area (Å²) in [6, 6.07) is 0.558. The van der Waals surface area contributed by atoms with Crippen LogP contribution < -0.4 is 5.73 Å². The Labute approximate surface area is 81.9 Å². The van der Waals surface area contributed by atoms with Gasteiger partial charge in [-0.2, -0.15) is 0 Å². The molecule has 3 nitrogen and oxygen atoms in total. The van der Waals surface area contributed by atoms with Gasteiger partial charge in [0.15, 0.2) is 0 Å². The van der Waals surface area contributed by atoms with Crippen molar-refractivity contribution in [3.63, 3.8) is 0 Å². The van der Waals surface area contributed by atoms with Crippen LogP contribution in [0.3, 0.4) is 0 Å². The van der Waals surface area contributed by atoms with E-state index in [1.807, 2.05) is 0 Å². The van der Waals surface area contributed by atoms with Crippen LogP contribution in [0.2, 0.25) is 0 Å². The zero-order valence-electron chi connectivity index (χ0n) is 9.16. The van der Waals surface area contributed by atoms with E-state index in [0.717, 1.165) is 12.5 Å². The summed E-state index contributed by atoms with van der Waals surface area (Å²) in [5, 5.41) is 0. The highest BCUT2D eigenvalue weighted by Crippen LogP contribution is 2.20. The van der Waals surface area contributed by atoms with E-state index in [-0.39, 0.29) is 0 Å². The minimum atomic E-state index is 0.558. The summed E-state index contributed by atoms with van der Waals surface area (Å²) < 4.78 is 0. The Kier molecular flexibility index (Phi) is 4.16. The molecule has 0 amide bonds. The van der Waals surface area contributed by atoms with Gasteiger partial charge in [0.2, 0.25) is 0 Å². The van der Waals surface area contributed by atoms with Crippen molar-refractivity contribution < 1.29 is 0 Å². The van der Waals surface area contributed by atoms with Gasteiger partial charge in [-0.25, -0.2) is 0 Å². The van der Waals surface area contributed by atoms with Gasteiger partial charge in [0.25, 0.3) is 0 Å². The molecule has 2 N–H and O–H groups in total. The SMILES string of the molecule is CN1CCCC(C(CN)N(C)C)C1. The van der Waals surface area contributed by atoms with Crippen LogP contribution in [0.25, 0.3) is 0 Å². The average molecular weight is 185 g/mol. The van der Waals surface area contributed by atoms with E-state index in [9.17, 15) is 0 Å².